The Hall–Kier alpha value is -1.36. The first-order valence-corrected chi connectivity index (χ1v) is 12.5. The van der Waals surface area contributed by atoms with Gasteiger partial charge in [0.15, 0.2) is 0 Å². The van der Waals surface area contributed by atoms with E-state index in [1.807, 2.05) is 18.9 Å². The Morgan fingerprint density at radius 1 is 0.938 bits per heavy atom. The minimum atomic E-state index is -0.557. The molecular weight excluding hydrogens is 400 g/mol. The molecule has 0 saturated carbocycles. The number of amides is 1. The Labute approximate surface area is 198 Å². The lowest BCUT2D eigenvalue weighted by atomic mass is 9.61. The van der Waals surface area contributed by atoms with Gasteiger partial charge in [0.05, 0.1) is 12.0 Å². The maximum atomic E-state index is 13.1. The highest BCUT2D eigenvalue weighted by molar-refractivity contribution is 5.77. The summed E-state index contributed by atoms with van der Waals surface area (Å²) in [5.41, 5.74) is -0.724. The molecule has 0 aromatic heterocycles. The van der Waals surface area contributed by atoms with E-state index < -0.39 is 5.41 Å². The number of nitrogens with one attached hydrogen (secondary N) is 1. The quantitative estimate of drug-likeness (QED) is 0.178. The Kier molecular flexibility index (Phi) is 14.1. The Bertz CT molecular complexity index is 560. The first-order chi connectivity index (χ1) is 14.8. The van der Waals surface area contributed by atoms with Gasteiger partial charge in [0.1, 0.15) is 0 Å². The van der Waals surface area contributed by atoms with Crippen LogP contribution in [0, 0.1) is 16.2 Å². The smallest absolute Gasteiger partial charge is 0.312 e. The lowest BCUT2D eigenvalue weighted by Gasteiger charge is -2.43. The van der Waals surface area contributed by atoms with E-state index >= 15 is 0 Å². The summed E-state index contributed by atoms with van der Waals surface area (Å²) < 4.78 is 5.76. The molecule has 0 aromatic carbocycles. The van der Waals surface area contributed by atoms with Gasteiger partial charge in [0, 0.05) is 19.5 Å². The van der Waals surface area contributed by atoms with Crippen molar-refractivity contribution in [2.75, 3.05) is 33.3 Å². The highest BCUT2D eigenvalue weighted by atomic mass is 16.5. The van der Waals surface area contributed by atoms with Gasteiger partial charge in [-0.25, -0.2) is 0 Å². The molecule has 0 spiro atoms. The highest BCUT2D eigenvalue weighted by Crippen LogP contribution is 2.47. The van der Waals surface area contributed by atoms with Crippen molar-refractivity contribution in [3.8, 4) is 0 Å². The van der Waals surface area contributed by atoms with Gasteiger partial charge in [-0.05, 0) is 63.5 Å². The van der Waals surface area contributed by atoms with E-state index in [1.54, 1.807) is 6.08 Å². The second kappa shape index (κ2) is 14.7. The molecule has 32 heavy (non-hydrogen) atoms. The van der Waals surface area contributed by atoms with Crippen molar-refractivity contribution in [3.63, 3.8) is 0 Å². The average molecular weight is 453 g/mol. The average Bonchev–Trinajstić information content (AvgIpc) is 2.67. The monoisotopic (exact) mass is 452 g/mol. The van der Waals surface area contributed by atoms with Crippen LogP contribution in [0.1, 0.15) is 99.8 Å². The van der Waals surface area contributed by atoms with Crippen molar-refractivity contribution < 1.29 is 14.3 Å². The summed E-state index contributed by atoms with van der Waals surface area (Å²) in [7, 11) is 1.97. The fraction of sp³-hybridized carbons (Fsp3) is 0.852. The third-order valence-corrected chi connectivity index (χ3v) is 6.32. The summed E-state index contributed by atoms with van der Waals surface area (Å²) in [5, 5.41) is 3.17. The Morgan fingerprint density at radius 3 is 2.06 bits per heavy atom. The summed E-state index contributed by atoms with van der Waals surface area (Å²) in [4.78, 5) is 27.6. The lowest BCUT2D eigenvalue weighted by Crippen LogP contribution is -2.44. The third-order valence-electron chi connectivity index (χ3n) is 6.32. The van der Waals surface area contributed by atoms with Crippen molar-refractivity contribution in [2.45, 2.75) is 99.8 Å². The number of esters is 1. The van der Waals surface area contributed by atoms with E-state index in [9.17, 15) is 9.59 Å². The standard InChI is InChI=1S/C27H52N2O3/c1-10-11-17-23(30)29(19-15-13-12-14-18-28-9)20-16-21-32-24(31)27(8,26(5,6)7)22-25(2,3)4/h10,28H,1,11-22H2,2-9H3. The first kappa shape index (κ1) is 30.6. The minimum absolute atomic E-state index is 0.0304. The van der Waals surface area contributed by atoms with E-state index in [4.69, 9.17) is 4.74 Å². The molecule has 188 valence electrons. The molecule has 5 heteroatoms. The van der Waals surface area contributed by atoms with Crippen molar-refractivity contribution in [1.29, 1.82) is 0 Å². The molecule has 0 bridgehead atoms. The van der Waals surface area contributed by atoms with Crippen LogP contribution in [-0.2, 0) is 14.3 Å². The van der Waals surface area contributed by atoms with Gasteiger partial charge in [-0.2, -0.15) is 0 Å². The number of hydrogen-bond acceptors (Lipinski definition) is 4. The molecule has 0 fully saturated rings. The van der Waals surface area contributed by atoms with Gasteiger partial charge < -0.3 is 15.0 Å². The first-order valence-electron chi connectivity index (χ1n) is 12.5. The number of hydrogen-bond donors (Lipinski definition) is 1. The van der Waals surface area contributed by atoms with Gasteiger partial charge >= 0.3 is 5.97 Å². The van der Waals surface area contributed by atoms with Gasteiger partial charge in [0.25, 0.3) is 0 Å². The summed E-state index contributed by atoms with van der Waals surface area (Å²) in [6, 6.07) is 0. The third kappa shape index (κ3) is 12.0. The second-order valence-corrected chi connectivity index (χ2v) is 11.5. The van der Waals surface area contributed by atoms with E-state index in [0.29, 0.717) is 32.4 Å². The summed E-state index contributed by atoms with van der Waals surface area (Å²) >= 11 is 0. The van der Waals surface area contributed by atoms with Gasteiger partial charge in [-0.3, -0.25) is 9.59 Å². The molecule has 0 saturated heterocycles. The summed E-state index contributed by atoms with van der Waals surface area (Å²) in [6.45, 7) is 21.4. The van der Waals surface area contributed by atoms with Crippen LogP contribution in [0.15, 0.2) is 12.7 Å². The molecule has 0 aliphatic rings. The summed E-state index contributed by atoms with van der Waals surface area (Å²) in [5.74, 6) is 0.0349. The van der Waals surface area contributed by atoms with Crippen molar-refractivity contribution in [3.05, 3.63) is 12.7 Å². The minimum Gasteiger partial charge on any atom is -0.465 e. The van der Waals surface area contributed by atoms with Crippen molar-refractivity contribution >= 4 is 11.9 Å². The number of unbranched alkanes of at least 4 members (excludes halogenated alkanes) is 3. The molecule has 1 unspecified atom stereocenters. The highest BCUT2D eigenvalue weighted by Gasteiger charge is 2.47. The molecule has 0 aliphatic heterocycles. The zero-order valence-electron chi connectivity index (χ0n) is 22.4. The number of carbonyl (C=O) groups is 2. The topological polar surface area (TPSA) is 58.6 Å². The zero-order valence-corrected chi connectivity index (χ0v) is 22.4. The number of nitrogens with zero attached hydrogens (tertiary/aromatic N) is 1. The van der Waals surface area contributed by atoms with E-state index in [-0.39, 0.29) is 22.7 Å². The number of allylic oxidation sites excluding steroid dienone is 1. The predicted molar refractivity (Wildman–Crippen MR) is 136 cm³/mol. The fourth-order valence-corrected chi connectivity index (χ4v) is 3.99. The lowest BCUT2D eigenvalue weighted by molar-refractivity contribution is -0.165. The van der Waals surface area contributed by atoms with Gasteiger partial charge in [0.2, 0.25) is 5.91 Å². The molecule has 0 radical (unpaired) electrons. The van der Waals surface area contributed by atoms with Crippen LogP contribution in [0.3, 0.4) is 0 Å². The van der Waals surface area contributed by atoms with Crippen LogP contribution in [0.2, 0.25) is 0 Å². The van der Waals surface area contributed by atoms with E-state index in [1.165, 1.54) is 6.42 Å². The summed E-state index contributed by atoms with van der Waals surface area (Å²) in [6.07, 6.45) is 8.89. The molecule has 0 heterocycles. The van der Waals surface area contributed by atoms with Crippen molar-refractivity contribution in [1.82, 2.24) is 10.2 Å². The van der Waals surface area contributed by atoms with E-state index in [0.717, 1.165) is 38.8 Å². The zero-order chi connectivity index (χ0) is 24.8. The Morgan fingerprint density at radius 2 is 1.53 bits per heavy atom. The normalized spacial score (nSPS) is 14.0. The molecule has 0 aromatic rings. The number of rotatable bonds is 16. The SMILES string of the molecule is C=CCCC(=O)N(CCCCCCNC)CCCOC(=O)C(C)(CC(C)(C)C)C(C)(C)C. The van der Waals surface area contributed by atoms with Gasteiger partial charge in [-0.1, -0.05) is 60.5 Å². The maximum Gasteiger partial charge on any atom is 0.312 e. The maximum absolute atomic E-state index is 13.1. The van der Waals surface area contributed by atoms with Crippen LogP contribution in [0.5, 0.6) is 0 Å². The number of carbonyl (C=O) groups excluding carboxylic acids is 2. The molecule has 0 rings (SSSR count). The predicted octanol–water partition coefficient (Wildman–Crippen LogP) is 5.98. The van der Waals surface area contributed by atoms with Crippen molar-refractivity contribution in [2.24, 2.45) is 16.2 Å². The van der Waals surface area contributed by atoms with Crippen LogP contribution >= 0.6 is 0 Å². The van der Waals surface area contributed by atoms with E-state index in [2.05, 4.69) is 53.4 Å². The van der Waals surface area contributed by atoms with Crippen LogP contribution in [0.25, 0.3) is 0 Å². The molecule has 1 atom stereocenters. The van der Waals surface area contributed by atoms with Crippen LogP contribution in [0.4, 0.5) is 0 Å². The largest absolute Gasteiger partial charge is 0.465 e. The fourth-order valence-electron chi connectivity index (χ4n) is 3.99. The molecule has 1 N–H and O–H groups in total. The molecule has 1 amide bonds. The number of ether oxygens (including phenoxy) is 1. The molecular formula is C27H52N2O3. The second-order valence-electron chi connectivity index (χ2n) is 11.5. The molecule has 0 aliphatic carbocycles. The molecule has 5 nitrogen and oxygen atoms in total. The Balaban J connectivity index is 4.77. The van der Waals surface area contributed by atoms with Gasteiger partial charge in [-0.15, -0.1) is 6.58 Å². The van der Waals surface area contributed by atoms with Crippen LogP contribution in [-0.4, -0.2) is 50.1 Å². The van der Waals surface area contributed by atoms with Crippen LogP contribution < -0.4 is 5.32 Å².